The highest BCUT2D eigenvalue weighted by molar-refractivity contribution is 7.93. The van der Waals surface area contributed by atoms with Gasteiger partial charge in [0, 0.05) is 16.0 Å². The number of carboxylic acids is 1. The summed E-state index contributed by atoms with van der Waals surface area (Å²) in [7, 11) is -4.02. The van der Waals surface area contributed by atoms with Gasteiger partial charge in [-0.1, -0.05) is 54.6 Å². The zero-order valence-corrected chi connectivity index (χ0v) is 20.0. The Bertz CT molecular complexity index is 1520. The molecule has 0 saturated heterocycles. The fourth-order valence-electron chi connectivity index (χ4n) is 4.34. The minimum atomic E-state index is -4.02. The van der Waals surface area contributed by atoms with Gasteiger partial charge in [0.15, 0.2) is 6.61 Å². The standard InChI is InChI=1S/C26H20FNO5S2/c27-18-9-4-8-17(14-18)25(16-6-2-1-3-7-16)35(31,32)26-28-24-20-10-5-11-21(33-15-23(29)30)19(20)12-13-22(24)34-26/h1-11,14,25H,12-13,15H2,(H,29,30). The summed E-state index contributed by atoms with van der Waals surface area (Å²) in [6, 6.07) is 19.6. The summed E-state index contributed by atoms with van der Waals surface area (Å²) in [5.41, 5.74) is 2.95. The van der Waals surface area contributed by atoms with Gasteiger partial charge >= 0.3 is 5.97 Å². The Balaban J connectivity index is 1.60. The number of ether oxygens (including phenoxy) is 1. The summed E-state index contributed by atoms with van der Waals surface area (Å²) in [4.78, 5) is 16.3. The second kappa shape index (κ2) is 9.24. The maximum absolute atomic E-state index is 14.1. The molecule has 0 bridgehead atoms. The minimum absolute atomic E-state index is 0.0367. The number of hydrogen-bond donors (Lipinski definition) is 1. The number of fused-ring (bicyclic) bond motifs is 3. The van der Waals surface area contributed by atoms with Gasteiger partial charge in [0.2, 0.25) is 14.2 Å². The fourth-order valence-corrected chi connectivity index (χ4v) is 7.64. The maximum atomic E-state index is 14.1. The SMILES string of the molecule is O=C(O)COc1cccc2c1CCc1sc(S(=O)(=O)C(c3ccccc3)c3cccc(F)c3)nc1-2. The number of hydrogen-bond acceptors (Lipinski definition) is 6. The lowest BCUT2D eigenvalue weighted by molar-refractivity contribution is -0.139. The van der Waals surface area contributed by atoms with Crippen LogP contribution in [0.2, 0.25) is 0 Å². The van der Waals surface area contributed by atoms with Crippen LogP contribution < -0.4 is 4.74 Å². The first-order valence-electron chi connectivity index (χ1n) is 10.9. The van der Waals surface area contributed by atoms with E-state index in [-0.39, 0.29) is 4.34 Å². The van der Waals surface area contributed by atoms with E-state index in [1.807, 2.05) is 6.07 Å². The van der Waals surface area contributed by atoms with Crippen molar-refractivity contribution < 1.29 is 27.4 Å². The Kier molecular flexibility index (Phi) is 6.12. The van der Waals surface area contributed by atoms with Gasteiger partial charge in [0.05, 0.1) is 5.69 Å². The Labute approximate surface area is 205 Å². The van der Waals surface area contributed by atoms with Gasteiger partial charge in [-0.25, -0.2) is 22.6 Å². The summed E-state index contributed by atoms with van der Waals surface area (Å²) in [5, 5.41) is 7.85. The molecule has 0 spiro atoms. The molecule has 1 atom stereocenters. The van der Waals surface area contributed by atoms with Gasteiger partial charge in [-0.2, -0.15) is 0 Å². The maximum Gasteiger partial charge on any atom is 0.341 e. The van der Waals surface area contributed by atoms with Crippen LogP contribution >= 0.6 is 11.3 Å². The second-order valence-corrected chi connectivity index (χ2v) is 11.4. The Morgan fingerprint density at radius 1 is 1.03 bits per heavy atom. The van der Waals surface area contributed by atoms with E-state index in [2.05, 4.69) is 4.98 Å². The molecule has 3 aromatic carbocycles. The Morgan fingerprint density at radius 3 is 2.51 bits per heavy atom. The molecule has 6 nitrogen and oxygen atoms in total. The van der Waals surface area contributed by atoms with Gasteiger partial charge < -0.3 is 9.84 Å². The van der Waals surface area contributed by atoms with E-state index in [4.69, 9.17) is 9.84 Å². The van der Waals surface area contributed by atoms with Crippen LogP contribution in [0.1, 0.15) is 26.8 Å². The number of nitrogens with zero attached hydrogens (tertiary/aromatic N) is 1. The topological polar surface area (TPSA) is 93.6 Å². The molecule has 0 radical (unpaired) electrons. The lowest BCUT2D eigenvalue weighted by atomic mass is 9.93. The molecular formula is C26H20FNO5S2. The van der Waals surface area contributed by atoms with Crippen molar-refractivity contribution in [3.05, 3.63) is 100 Å². The third-order valence-electron chi connectivity index (χ3n) is 5.83. The van der Waals surface area contributed by atoms with Crippen LogP contribution in [0.25, 0.3) is 11.3 Å². The van der Waals surface area contributed by atoms with Crippen LogP contribution in [0.3, 0.4) is 0 Å². The van der Waals surface area contributed by atoms with E-state index in [0.717, 1.165) is 27.3 Å². The zero-order valence-electron chi connectivity index (χ0n) is 18.3. The predicted octanol–water partition coefficient (Wildman–Crippen LogP) is 5.07. The molecule has 0 amide bonds. The first kappa shape index (κ1) is 23.2. The van der Waals surface area contributed by atoms with Crippen LogP contribution in [0.15, 0.2) is 77.1 Å². The molecule has 1 aromatic heterocycles. The molecule has 0 aliphatic heterocycles. The van der Waals surface area contributed by atoms with Gasteiger partial charge in [0.1, 0.15) is 16.8 Å². The molecule has 0 fully saturated rings. The number of thiazole rings is 1. The van der Waals surface area contributed by atoms with E-state index < -0.39 is 33.5 Å². The number of aliphatic carboxylic acids is 1. The highest BCUT2D eigenvalue weighted by Gasteiger charge is 2.36. The molecule has 1 heterocycles. The van der Waals surface area contributed by atoms with Crippen LogP contribution in [0.4, 0.5) is 4.39 Å². The largest absolute Gasteiger partial charge is 0.482 e. The molecular weight excluding hydrogens is 489 g/mol. The lowest BCUT2D eigenvalue weighted by Gasteiger charge is -2.18. The van der Waals surface area contributed by atoms with E-state index >= 15 is 0 Å². The van der Waals surface area contributed by atoms with Crippen molar-refractivity contribution in [3.8, 4) is 17.0 Å². The van der Waals surface area contributed by atoms with Crippen LogP contribution in [0, 0.1) is 5.82 Å². The number of sulfone groups is 1. The predicted molar refractivity (Wildman–Crippen MR) is 130 cm³/mol. The average molecular weight is 510 g/mol. The van der Waals surface area contributed by atoms with Crippen molar-refractivity contribution >= 4 is 27.1 Å². The van der Waals surface area contributed by atoms with E-state index in [0.29, 0.717) is 35.4 Å². The number of aryl methyl sites for hydroxylation is 1. The van der Waals surface area contributed by atoms with Crippen molar-refractivity contribution in [2.45, 2.75) is 22.4 Å². The number of aromatic nitrogens is 1. The normalized spacial score (nSPS) is 13.5. The van der Waals surface area contributed by atoms with Crippen LogP contribution in [0.5, 0.6) is 5.75 Å². The number of benzene rings is 3. The first-order chi connectivity index (χ1) is 16.8. The fraction of sp³-hybridized carbons (Fsp3) is 0.154. The summed E-state index contributed by atoms with van der Waals surface area (Å²) < 4.78 is 47.4. The number of carboxylic acid groups (broad SMARTS) is 1. The molecule has 5 rings (SSSR count). The minimum Gasteiger partial charge on any atom is -0.482 e. The Morgan fingerprint density at radius 2 is 1.77 bits per heavy atom. The summed E-state index contributed by atoms with van der Waals surface area (Å²) in [6.45, 7) is -0.466. The Hall–Kier alpha value is -3.56. The lowest BCUT2D eigenvalue weighted by Crippen LogP contribution is -2.15. The highest BCUT2D eigenvalue weighted by atomic mass is 32.2. The zero-order chi connectivity index (χ0) is 24.6. The quantitative estimate of drug-likeness (QED) is 0.374. The van der Waals surface area contributed by atoms with Gasteiger partial charge in [-0.05, 0) is 42.2 Å². The molecule has 1 aliphatic carbocycles. The van der Waals surface area contributed by atoms with Gasteiger partial charge in [0.25, 0.3) is 0 Å². The van der Waals surface area contributed by atoms with E-state index in [1.54, 1.807) is 48.5 Å². The van der Waals surface area contributed by atoms with Gasteiger partial charge in [-0.15, -0.1) is 11.3 Å². The van der Waals surface area contributed by atoms with Crippen molar-refractivity contribution in [1.29, 1.82) is 0 Å². The smallest absolute Gasteiger partial charge is 0.341 e. The molecule has 35 heavy (non-hydrogen) atoms. The molecule has 178 valence electrons. The number of rotatable bonds is 7. The molecule has 1 aliphatic rings. The number of carbonyl (C=O) groups is 1. The van der Waals surface area contributed by atoms with Crippen LogP contribution in [-0.2, 0) is 27.5 Å². The first-order valence-corrected chi connectivity index (χ1v) is 13.2. The molecule has 1 N–H and O–H groups in total. The summed E-state index contributed by atoms with van der Waals surface area (Å²) in [5.74, 6) is -1.14. The van der Waals surface area contributed by atoms with Crippen molar-refractivity contribution in [2.75, 3.05) is 6.61 Å². The van der Waals surface area contributed by atoms with Crippen molar-refractivity contribution in [2.24, 2.45) is 0 Å². The average Bonchev–Trinajstić information content (AvgIpc) is 3.29. The number of halogens is 1. The second-order valence-electron chi connectivity index (χ2n) is 8.11. The highest BCUT2D eigenvalue weighted by Crippen LogP contribution is 2.44. The molecule has 9 heteroatoms. The van der Waals surface area contributed by atoms with Crippen LogP contribution in [-0.4, -0.2) is 31.1 Å². The van der Waals surface area contributed by atoms with Gasteiger partial charge in [-0.3, -0.25) is 0 Å². The van der Waals surface area contributed by atoms with E-state index in [9.17, 15) is 17.6 Å². The van der Waals surface area contributed by atoms with E-state index in [1.165, 1.54) is 18.2 Å². The molecule has 0 saturated carbocycles. The monoisotopic (exact) mass is 509 g/mol. The molecule has 4 aromatic rings. The third-order valence-corrected chi connectivity index (χ3v) is 9.43. The third kappa shape index (κ3) is 4.44. The summed E-state index contributed by atoms with van der Waals surface area (Å²) >= 11 is 1.12. The molecule has 1 unspecified atom stereocenters. The van der Waals surface area contributed by atoms with Crippen molar-refractivity contribution in [1.82, 2.24) is 4.98 Å². The summed E-state index contributed by atoms with van der Waals surface area (Å²) in [6.07, 6.45) is 1.13. The van der Waals surface area contributed by atoms with Crippen molar-refractivity contribution in [3.63, 3.8) is 0 Å².